The normalized spacial score (nSPS) is 21.6. The maximum absolute atomic E-state index is 11.9. The Balaban J connectivity index is 1.79. The van der Waals surface area contributed by atoms with E-state index in [9.17, 15) is 9.90 Å². The molecule has 112 valence electrons. The third kappa shape index (κ3) is 4.05. The predicted molar refractivity (Wildman–Crippen MR) is 75.4 cm³/mol. The second-order valence-electron chi connectivity index (χ2n) is 5.46. The molecule has 0 spiro atoms. The summed E-state index contributed by atoms with van der Waals surface area (Å²) in [7, 11) is 0. The molecule has 1 aromatic heterocycles. The Morgan fingerprint density at radius 3 is 3.10 bits per heavy atom. The fraction of sp³-hybridized carbons (Fsp3) is 0.714. The van der Waals surface area contributed by atoms with E-state index in [-0.39, 0.29) is 18.1 Å². The zero-order valence-corrected chi connectivity index (χ0v) is 12.1. The molecule has 6 nitrogen and oxygen atoms in total. The number of aliphatic hydroxyl groups is 1. The van der Waals surface area contributed by atoms with Gasteiger partial charge in [-0.1, -0.05) is 11.6 Å². The highest BCUT2D eigenvalue weighted by molar-refractivity contribution is 5.89. The Bertz CT molecular complexity index is 445. The summed E-state index contributed by atoms with van der Waals surface area (Å²) < 4.78 is 4.90. The van der Waals surface area contributed by atoms with E-state index in [4.69, 9.17) is 4.52 Å². The first kappa shape index (κ1) is 15.0. The van der Waals surface area contributed by atoms with Crippen LogP contribution < -0.4 is 5.32 Å². The van der Waals surface area contributed by atoms with Crippen LogP contribution in [0, 0.1) is 6.92 Å². The summed E-state index contributed by atoms with van der Waals surface area (Å²) in [6.07, 6.45) is 3.33. The molecule has 1 aliphatic heterocycles. The molecule has 2 rings (SSSR count). The minimum Gasteiger partial charge on any atom is -0.392 e. The second kappa shape index (κ2) is 6.85. The highest BCUT2D eigenvalue weighted by Gasteiger charge is 2.26. The molecule has 0 radical (unpaired) electrons. The highest BCUT2D eigenvalue weighted by atomic mass is 16.5. The van der Waals surface area contributed by atoms with E-state index in [1.165, 1.54) is 0 Å². The van der Waals surface area contributed by atoms with Crippen molar-refractivity contribution in [3.63, 3.8) is 0 Å². The summed E-state index contributed by atoms with van der Waals surface area (Å²) in [5, 5.41) is 16.2. The highest BCUT2D eigenvalue weighted by Crippen LogP contribution is 2.20. The van der Waals surface area contributed by atoms with Crippen LogP contribution in [0.15, 0.2) is 10.6 Å². The topological polar surface area (TPSA) is 78.6 Å². The Kier molecular flexibility index (Phi) is 5.14. The van der Waals surface area contributed by atoms with Crippen LogP contribution in [0.2, 0.25) is 0 Å². The average molecular weight is 281 g/mol. The van der Waals surface area contributed by atoms with Crippen LogP contribution in [0.25, 0.3) is 0 Å². The number of aliphatic hydroxyl groups excluding tert-OH is 1. The Hall–Kier alpha value is -1.40. The van der Waals surface area contributed by atoms with Crippen molar-refractivity contribution in [2.45, 2.75) is 51.7 Å². The van der Waals surface area contributed by atoms with Crippen LogP contribution in [-0.2, 0) is 4.79 Å². The molecule has 2 N–H and O–H groups in total. The Morgan fingerprint density at radius 2 is 2.45 bits per heavy atom. The molecule has 2 heterocycles. The van der Waals surface area contributed by atoms with Gasteiger partial charge in [-0.15, -0.1) is 0 Å². The van der Waals surface area contributed by atoms with Gasteiger partial charge >= 0.3 is 0 Å². The lowest BCUT2D eigenvalue weighted by Gasteiger charge is -2.37. The summed E-state index contributed by atoms with van der Waals surface area (Å²) in [6.45, 7) is 5.22. The molecule has 1 aliphatic rings. The number of likely N-dealkylation sites (tertiary alicyclic amines) is 1. The van der Waals surface area contributed by atoms with Gasteiger partial charge in [0.2, 0.25) is 5.91 Å². The summed E-state index contributed by atoms with van der Waals surface area (Å²) in [6, 6.07) is 1.86. The van der Waals surface area contributed by atoms with Gasteiger partial charge in [0.05, 0.1) is 6.10 Å². The van der Waals surface area contributed by atoms with Crippen molar-refractivity contribution in [3.05, 3.63) is 11.8 Å². The number of hydrogen-bond acceptors (Lipinski definition) is 5. The number of piperidine rings is 1. The van der Waals surface area contributed by atoms with Crippen molar-refractivity contribution in [2.24, 2.45) is 0 Å². The van der Waals surface area contributed by atoms with Gasteiger partial charge in [-0.3, -0.25) is 9.69 Å². The Labute approximate surface area is 119 Å². The van der Waals surface area contributed by atoms with E-state index in [1.54, 1.807) is 13.0 Å². The molecule has 1 fully saturated rings. The maximum Gasteiger partial charge on any atom is 0.226 e. The number of aryl methyl sites for hydroxylation is 1. The van der Waals surface area contributed by atoms with E-state index < -0.39 is 0 Å². The lowest BCUT2D eigenvalue weighted by atomic mass is 9.98. The van der Waals surface area contributed by atoms with Gasteiger partial charge in [0.25, 0.3) is 0 Å². The minimum absolute atomic E-state index is 0.0757. The first-order chi connectivity index (χ1) is 9.56. The summed E-state index contributed by atoms with van der Waals surface area (Å²) >= 11 is 0. The first-order valence-corrected chi connectivity index (χ1v) is 7.21. The average Bonchev–Trinajstić information content (AvgIpc) is 2.82. The number of aromatic nitrogens is 1. The fourth-order valence-corrected chi connectivity index (χ4v) is 2.72. The number of nitrogens with zero attached hydrogens (tertiary/aromatic N) is 2. The van der Waals surface area contributed by atoms with Gasteiger partial charge in [-0.25, -0.2) is 0 Å². The monoisotopic (exact) mass is 281 g/mol. The van der Waals surface area contributed by atoms with Gasteiger partial charge in [-0.05, 0) is 33.2 Å². The van der Waals surface area contributed by atoms with Gasteiger partial charge in [0.1, 0.15) is 5.76 Å². The zero-order chi connectivity index (χ0) is 14.5. The number of nitrogens with one attached hydrogen (secondary N) is 1. The second-order valence-corrected chi connectivity index (χ2v) is 5.46. The molecule has 2 atom stereocenters. The van der Waals surface area contributed by atoms with Crippen molar-refractivity contribution in [2.75, 3.05) is 18.4 Å². The number of rotatable bonds is 5. The SMILES string of the molecule is Cc1cc(NC(=O)CCN2CCCCC2C(C)O)no1. The lowest BCUT2D eigenvalue weighted by Crippen LogP contribution is -2.46. The van der Waals surface area contributed by atoms with Crippen LogP contribution in [0.5, 0.6) is 0 Å². The van der Waals surface area contributed by atoms with E-state index in [1.807, 2.05) is 6.92 Å². The molecule has 1 amide bonds. The van der Waals surface area contributed by atoms with Gasteiger partial charge in [0, 0.05) is 25.1 Å². The minimum atomic E-state index is -0.350. The van der Waals surface area contributed by atoms with Crippen molar-refractivity contribution >= 4 is 11.7 Å². The molecular formula is C14H23N3O3. The molecule has 20 heavy (non-hydrogen) atoms. The van der Waals surface area contributed by atoms with Gasteiger partial charge in [-0.2, -0.15) is 0 Å². The first-order valence-electron chi connectivity index (χ1n) is 7.21. The van der Waals surface area contributed by atoms with Gasteiger partial charge in [0.15, 0.2) is 5.82 Å². The quantitative estimate of drug-likeness (QED) is 0.856. The third-order valence-electron chi connectivity index (χ3n) is 3.74. The van der Waals surface area contributed by atoms with Crippen LogP contribution in [-0.4, -0.2) is 46.3 Å². The molecule has 1 saturated heterocycles. The molecule has 6 heteroatoms. The standard InChI is InChI=1S/C14H23N3O3/c1-10-9-13(16-20-10)15-14(19)6-8-17-7-4-3-5-12(17)11(2)18/h9,11-12,18H,3-8H2,1-2H3,(H,15,16,19). The molecule has 2 unspecified atom stereocenters. The van der Waals surface area contributed by atoms with E-state index in [0.29, 0.717) is 24.5 Å². The molecule has 0 saturated carbocycles. The van der Waals surface area contributed by atoms with Crippen molar-refractivity contribution in [1.29, 1.82) is 0 Å². The molecular weight excluding hydrogens is 258 g/mol. The largest absolute Gasteiger partial charge is 0.392 e. The zero-order valence-electron chi connectivity index (χ0n) is 12.1. The number of anilines is 1. The van der Waals surface area contributed by atoms with Crippen LogP contribution >= 0.6 is 0 Å². The van der Waals surface area contributed by atoms with Gasteiger partial charge < -0.3 is 14.9 Å². The summed E-state index contributed by atoms with van der Waals surface area (Å²) in [4.78, 5) is 14.1. The van der Waals surface area contributed by atoms with Crippen LogP contribution in [0.4, 0.5) is 5.82 Å². The molecule has 1 aromatic rings. The smallest absolute Gasteiger partial charge is 0.226 e. The number of amides is 1. The predicted octanol–water partition coefficient (Wildman–Crippen LogP) is 1.55. The number of carbonyl (C=O) groups is 1. The third-order valence-corrected chi connectivity index (χ3v) is 3.74. The van der Waals surface area contributed by atoms with E-state index in [0.717, 1.165) is 25.8 Å². The Morgan fingerprint density at radius 1 is 1.65 bits per heavy atom. The number of carbonyl (C=O) groups excluding carboxylic acids is 1. The van der Waals surface area contributed by atoms with Crippen molar-refractivity contribution in [3.8, 4) is 0 Å². The molecule has 0 aromatic carbocycles. The van der Waals surface area contributed by atoms with E-state index in [2.05, 4.69) is 15.4 Å². The van der Waals surface area contributed by atoms with Crippen LogP contribution in [0.3, 0.4) is 0 Å². The van der Waals surface area contributed by atoms with Crippen molar-refractivity contribution in [1.82, 2.24) is 10.1 Å². The lowest BCUT2D eigenvalue weighted by molar-refractivity contribution is -0.117. The van der Waals surface area contributed by atoms with E-state index >= 15 is 0 Å². The molecule has 0 aliphatic carbocycles. The maximum atomic E-state index is 11.9. The summed E-state index contributed by atoms with van der Waals surface area (Å²) in [5.41, 5.74) is 0. The fourth-order valence-electron chi connectivity index (χ4n) is 2.72. The molecule has 0 bridgehead atoms. The number of hydrogen-bond donors (Lipinski definition) is 2. The van der Waals surface area contributed by atoms with Crippen molar-refractivity contribution < 1.29 is 14.4 Å². The van der Waals surface area contributed by atoms with Crippen LogP contribution in [0.1, 0.15) is 38.4 Å². The summed E-state index contributed by atoms with van der Waals surface area (Å²) in [5.74, 6) is 1.05.